The van der Waals surface area contributed by atoms with Crippen LogP contribution in [-0.2, 0) is 0 Å². The van der Waals surface area contributed by atoms with Crippen LogP contribution in [0.2, 0.25) is 20.1 Å². The summed E-state index contributed by atoms with van der Waals surface area (Å²) in [7, 11) is 0. The number of carboxylic acids is 2. The van der Waals surface area contributed by atoms with Gasteiger partial charge < -0.3 is 10.2 Å². The third-order valence-corrected chi connectivity index (χ3v) is 4.04. The number of benzene rings is 2. The zero-order valence-corrected chi connectivity index (χ0v) is 13.6. The summed E-state index contributed by atoms with van der Waals surface area (Å²) in [6.45, 7) is 0. The fourth-order valence-electron chi connectivity index (χ4n) is 1.89. The molecule has 0 aliphatic carbocycles. The molecule has 0 aliphatic heterocycles. The normalized spacial score (nSPS) is 10.5. The van der Waals surface area contributed by atoms with Gasteiger partial charge in [-0.3, -0.25) is 0 Å². The van der Waals surface area contributed by atoms with Crippen molar-refractivity contribution in [2.45, 2.75) is 0 Å². The fourth-order valence-corrected chi connectivity index (χ4v) is 3.19. The summed E-state index contributed by atoms with van der Waals surface area (Å²) in [4.78, 5) is 22.1. The Hall–Kier alpha value is -1.46. The molecule has 0 bridgehead atoms. The van der Waals surface area contributed by atoms with E-state index < -0.39 is 11.9 Å². The van der Waals surface area contributed by atoms with Gasteiger partial charge in [-0.1, -0.05) is 46.4 Å². The predicted molar refractivity (Wildman–Crippen MR) is 85.8 cm³/mol. The number of halogens is 4. The summed E-state index contributed by atoms with van der Waals surface area (Å²) < 4.78 is 0. The van der Waals surface area contributed by atoms with Crippen molar-refractivity contribution in [2.75, 3.05) is 0 Å². The second-order valence-corrected chi connectivity index (χ2v) is 5.87. The van der Waals surface area contributed by atoms with Crippen LogP contribution in [0.25, 0.3) is 11.1 Å². The Kier molecular flexibility index (Phi) is 4.87. The number of carboxylic acid groups (broad SMARTS) is 2. The standard InChI is InChI=1S/C14H6Cl4O4/c15-7-1-5(2-8(16)11(7)13(19)20)6-3-9(17)12(14(21)22)10(18)4-6/h1-4H,(H,19,20)(H,21,22). The minimum atomic E-state index is -1.25. The van der Waals surface area contributed by atoms with E-state index in [1.165, 1.54) is 24.3 Å². The Bertz CT molecular complexity index is 688. The van der Waals surface area contributed by atoms with E-state index in [9.17, 15) is 9.59 Å². The molecule has 0 saturated heterocycles. The molecule has 114 valence electrons. The highest BCUT2D eigenvalue weighted by atomic mass is 35.5. The first-order valence-electron chi connectivity index (χ1n) is 5.67. The van der Waals surface area contributed by atoms with Gasteiger partial charge in [0.2, 0.25) is 0 Å². The summed E-state index contributed by atoms with van der Waals surface area (Å²) in [5.74, 6) is -2.50. The van der Waals surface area contributed by atoms with E-state index in [1.807, 2.05) is 0 Å². The maximum absolute atomic E-state index is 11.0. The van der Waals surface area contributed by atoms with Crippen LogP contribution in [0, 0.1) is 0 Å². The second-order valence-electron chi connectivity index (χ2n) is 4.24. The summed E-state index contributed by atoms with van der Waals surface area (Å²) in [6, 6.07) is 5.55. The van der Waals surface area contributed by atoms with Crippen LogP contribution in [0.15, 0.2) is 24.3 Å². The molecule has 0 heterocycles. The zero-order valence-electron chi connectivity index (χ0n) is 10.5. The van der Waals surface area contributed by atoms with Crippen LogP contribution < -0.4 is 0 Å². The monoisotopic (exact) mass is 378 g/mol. The van der Waals surface area contributed by atoms with Gasteiger partial charge in [0.25, 0.3) is 0 Å². The first kappa shape index (κ1) is 16.9. The van der Waals surface area contributed by atoms with Crippen molar-refractivity contribution in [1.82, 2.24) is 0 Å². The molecule has 0 unspecified atom stereocenters. The summed E-state index contributed by atoms with van der Waals surface area (Å²) >= 11 is 23.7. The summed E-state index contributed by atoms with van der Waals surface area (Å²) in [5.41, 5.74) is 0.486. The smallest absolute Gasteiger partial charge is 0.338 e. The van der Waals surface area contributed by atoms with Gasteiger partial charge in [-0.15, -0.1) is 0 Å². The fraction of sp³-hybridized carbons (Fsp3) is 0. The van der Waals surface area contributed by atoms with E-state index in [-0.39, 0.29) is 31.2 Å². The van der Waals surface area contributed by atoms with Gasteiger partial charge in [0, 0.05) is 0 Å². The zero-order chi connectivity index (χ0) is 16.6. The molecule has 2 aromatic rings. The maximum Gasteiger partial charge on any atom is 0.338 e. The molecular weight excluding hydrogens is 374 g/mol. The molecule has 2 N–H and O–H groups in total. The number of aromatic carboxylic acids is 2. The summed E-state index contributed by atoms with van der Waals surface area (Å²) in [6.07, 6.45) is 0. The Morgan fingerprint density at radius 1 is 0.636 bits per heavy atom. The van der Waals surface area contributed by atoms with Crippen molar-refractivity contribution in [2.24, 2.45) is 0 Å². The van der Waals surface area contributed by atoms with E-state index in [0.717, 1.165) is 0 Å². The quantitative estimate of drug-likeness (QED) is 0.752. The van der Waals surface area contributed by atoms with Crippen molar-refractivity contribution >= 4 is 58.3 Å². The molecular formula is C14H6Cl4O4. The first-order chi connectivity index (χ1) is 10.2. The molecule has 0 atom stereocenters. The van der Waals surface area contributed by atoms with Crippen LogP contribution in [0.5, 0.6) is 0 Å². The molecule has 0 fully saturated rings. The van der Waals surface area contributed by atoms with Gasteiger partial charge in [0.15, 0.2) is 0 Å². The van der Waals surface area contributed by atoms with Crippen molar-refractivity contribution < 1.29 is 19.8 Å². The maximum atomic E-state index is 11.0. The molecule has 2 rings (SSSR count). The SMILES string of the molecule is O=C(O)c1c(Cl)cc(-c2cc(Cl)c(C(=O)O)c(Cl)c2)cc1Cl. The lowest BCUT2D eigenvalue weighted by molar-refractivity contribution is 0.0686. The van der Waals surface area contributed by atoms with Gasteiger partial charge in [0.05, 0.1) is 31.2 Å². The van der Waals surface area contributed by atoms with Crippen LogP contribution in [0.1, 0.15) is 20.7 Å². The van der Waals surface area contributed by atoms with Crippen molar-refractivity contribution in [3.8, 4) is 11.1 Å². The molecule has 8 heteroatoms. The van der Waals surface area contributed by atoms with Crippen LogP contribution in [-0.4, -0.2) is 22.2 Å². The van der Waals surface area contributed by atoms with Crippen molar-refractivity contribution in [3.63, 3.8) is 0 Å². The van der Waals surface area contributed by atoms with Crippen LogP contribution in [0.4, 0.5) is 0 Å². The average Bonchev–Trinajstić information content (AvgIpc) is 2.35. The lowest BCUT2D eigenvalue weighted by Crippen LogP contribution is -2.00. The molecule has 0 spiro atoms. The van der Waals surface area contributed by atoms with Gasteiger partial charge in [0.1, 0.15) is 0 Å². The predicted octanol–water partition coefficient (Wildman–Crippen LogP) is 5.36. The third kappa shape index (κ3) is 3.15. The highest BCUT2D eigenvalue weighted by Crippen LogP contribution is 2.36. The van der Waals surface area contributed by atoms with E-state index in [2.05, 4.69) is 0 Å². The molecule has 4 nitrogen and oxygen atoms in total. The number of hydrogen-bond donors (Lipinski definition) is 2. The topological polar surface area (TPSA) is 74.6 Å². The Labute approximate surface area is 144 Å². The third-order valence-electron chi connectivity index (χ3n) is 2.85. The lowest BCUT2D eigenvalue weighted by atomic mass is 10.0. The molecule has 0 aromatic heterocycles. The molecule has 0 amide bonds. The number of rotatable bonds is 3. The molecule has 0 aliphatic rings. The van der Waals surface area contributed by atoms with E-state index in [1.54, 1.807) is 0 Å². The first-order valence-corrected chi connectivity index (χ1v) is 7.18. The van der Waals surface area contributed by atoms with Gasteiger partial charge in [-0.05, 0) is 35.4 Å². The molecule has 0 radical (unpaired) electrons. The highest BCUT2D eigenvalue weighted by Gasteiger charge is 2.18. The Balaban J connectivity index is 2.63. The summed E-state index contributed by atoms with van der Waals surface area (Å²) in [5, 5.41) is 17.8. The van der Waals surface area contributed by atoms with Gasteiger partial charge in [-0.25, -0.2) is 9.59 Å². The van der Waals surface area contributed by atoms with E-state index in [4.69, 9.17) is 56.6 Å². The Morgan fingerprint density at radius 3 is 1.05 bits per heavy atom. The van der Waals surface area contributed by atoms with Crippen molar-refractivity contribution in [1.29, 1.82) is 0 Å². The van der Waals surface area contributed by atoms with E-state index in [0.29, 0.717) is 11.1 Å². The molecule has 2 aromatic carbocycles. The largest absolute Gasteiger partial charge is 0.478 e. The van der Waals surface area contributed by atoms with Crippen LogP contribution >= 0.6 is 46.4 Å². The minimum Gasteiger partial charge on any atom is -0.478 e. The van der Waals surface area contributed by atoms with Gasteiger partial charge in [-0.2, -0.15) is 0 Å². The van der Waals surface area contributed by atoms with Gasteiger partial charge >= 0.3 is 11.9 Å². The number of hydrogen-bond acceptors (Lipinski definition) is 2. The Morgan fingerprint density at radius 2 is 0.864 bits per heavy atom. The second kappa shape index (κ2) is 6.34. The van der Waals surface area contributed by atoms with E-state index >= 15 is 0 Å². The molecule has 22 heavy (non-hydrogen) atoms. The number of carbonyl (C=O) groups is 2. The lowest BCUT2D eigenvalue weighted by Gasteiger charge is -2.10. The average molecular weight is 380 g/mol. The van der Waals surface area contributed by atoms with Crippen molar-refractivity contribution in [3.05, 3.63) is 55.5 Å². The molecule has 0 saturated carbocycles. The minimum absolute atomic E-state index is 0.0513. The highest BCUT2D eigenvalue weighted by molar-refractivity contribution is 6.41. The van der Waals surface area contributed by atoms with Crippen LogP contribution in [0.3, 0.4) is 0 Å².